The van der Waals surface area contributed by atoms with E-state index in [2.05, 4.69) is 4.99 Å². The van der Waals surface area contributed by atoms with Gasteiger partial charge >= 0.3 is 17.1 Å². The molecule has 0 bridgehead atoms. The zero-order valence-electron chi connectivity index (χ0n) is 15.4. The summed E-state index contributed by atoms with van der Waals surface area (Å²) in [4.78, 5) is 14.0. The molecule has 0 spiro atoms. The van der Waals surface area contributed by atoms with E-state index in [1.807, 2.05) is 0 Å². The van der Waals surface area contributed by atoms with Crippen LogP contribution in [0.25, 0.3) is 0 Å². The second-order valence-electron chi connectivity index (χ2n) is 4.95. The van der Waals surface area contributed by atoms with Crippen LogP contribution in [-0.4, -0.2) is 23.7 Å². The third-order valence-electron chi connectivity index (χ3n) is 2.53. The van der Waals surface area contributed by atoms with Crippen LogP contribution >= 0.6 is 0 Å². The van der Waals surface area contributed by atoms with Crippen molar-refractivity contribution in [2.75, 3.05) is 6.61 Å². The average molecular weight is 412 g/mol. The van der Waals surface area contributed by atoms with Gasteiger partial charge in [0.25, 0.3) is 0 Å². The summed E-state index contributed by atoms with van der Waals surface area (Å²) < 4.78 is 0. The van der Waals surface area contributed by atoms with Gasteiger partial charge in [0.15, 0.2) is 5.78 Å². The van der Waals surface area contributed by atoms with Gasteiger partial charge in [-0.05, 0) is 31.6 Å². The van der Waals surface area contributed by atoms with Gasteiger partial charge in [-0.25, -0.2) is 0 Å². The molecule has 145 valence electrons. The quantitative estimate of drug-likeness (QED) is 0.354. The Morgan fingerprint density at radius 2 is 1.52 bits per heavy atom. The fraction of sp³-hybridized carbons (Fsp3) is 0.200. The minimum atomic E-state index is -0.187. The summed E-state index contributed by atoms with van der Waals surface area (Å²) in [6.07, 6.45) is 2.47. The zero-order valence-corrected chi connectivity index (χ0v) is 16.5. The fourth-order valence-electron chi connectivity index (χ4n) is 1.58. The van der Waals surface area contributed by atoms with E-state index in [9.17, 15) is 20.1 Å². The Balaban J connectivity index is 0. The maximum atomic E-state index is 11.4. The van der Waals surface area contributed by atoms with E-state index in [0.29, 0.717) is 11.3 Å². The second kappa shape index (κ2) is 15.6. The molecule has 0 unspecified atom stereocenters. The van der Waals surface area contributed by atoms with Gasteiger partial charge in [0.05, 0.1) is 5.69 Å². The first-order valence-electron chi connectivity index (χ1n) is 7.84. The fourth-order valence-corrected chi connectivity index (χ4v) is 1.58. The number of carbonyl (C=O) groups is 1. The summed E-state index contributed by atoms with van der Waals surface area (Å²) in [6, 6.07) is 13.0. The van der Waals surface area contributed by atoms with Crippen molar-refractivity contribution in [3.63, 3.8) is 0 Å². The summed E-state index contributed by atoms with van der Waals surface area (Å²) in [6.45, 7) is 4.63. The number of hydrogen-bond acceptors (Lipinski definition) is 6. The van der Waals surface area contributed by atoms with Crippen LogP contribution in [0.4, 0.5) is 5.69 Å². The molecule has 0 atom stereocenters. The molecule has 0 saturated carbocycles. The Hall–Kier alpha value is -2.60. The predicted octanol–water partition coefficient (Wildman–Crippen LogP) is 1.42. The standard InChI is InChI=1S/C13H11NO2.C5H8O2.C2H6O.Fe/c15-12-7-3-1-5-10(12)9-14-11-6-2-4-8-13(11)16;1-4(6)3-5(2)7;1-2-3;/h1-9,15-16H;3,6H,1-2H3;3H,2H2,1H3;/q;;;+3/p-3/b;4-3-;;. The van der Waals surface area contributed by atoms with Crippen molar-refractivity contribution in [3.05, 3.63) is 65.9 Å². The van der Waals surface area contributed by atoms with Crippen molar-refractivity contribution in [2.24, 2.45) is 4.99 Å². The molecular weight excluding hydrogens is 390 g/mol. The van der Waals surface area contributed by atoms with E-state index < -0.39 is 0 Å². The van der Waals surface area contributed by atoms with E-state index in [1.165, 1.54) is 32.2 Å². The van der Waals surface area contributed by atoms with E-state index in [-0.39, 0.29) is 46.7 Å². The first-order valence-corrected chi connectivity index (χ1v) is 7.84. The van der Waals surface area contributed by atoms with Crippen molar-refractivity contribution in [1.29, 1.82) is 0 Å². The molecule has 0 aliphatic rings. The SMILES string of the molecule is CC(=O)/C=C(/C)[O-].CCO.[Fe+3].[O-]c1ccccc1C=Nc1ccccc1[O-]. The molecule has 7 heteroatoms. The van der Waals surface area contributed by atoms with Crippen molar-refractivity contribution in [1.82, 2.24) is 0 Å². The molecule has 2 aromatic rings. The first kappa shape index (κ1) is 26.6. The smallest absolute Gasteiger partial charge is 0.876 e. The molecule has 0 aromatic heterocycles. The Kier molecular flexibility index (Phi) is 15.4. The third kappa shape index (κ3) is 13.3. The van der Waals surface area contributed by atoms with Gasteiger partial charge in [-0.15, -0.1) is 11.5 Å². The largest absolute Gasteiger partial charge is 3.00 e. The summed E-state index contributed by atoms with van der Waals surface area (Å²) in [5, 5.41) is 40.2. The normalized spacial score (nSPS) is 10.0. The molecule has 0 amide bonds. The van der Waals surface area contributed by atoms with Crippen molar-refractivity contribution in [2.45, 2.75) is 20.8 Å². The topological polar surface area (TPSA) is 119 Å². The summed E-state index contributed by atoms with van der Waals surface area (Å²) in [7, 11) is 0. The van der Waals surface area contributed by atoms with Crippen molar-refractivity contribution >= 4 is 17.7 Å². The summed E-state index contributed by atoms with van der Waals surface area (Å²) in [5.41, 5.74) is 0.816. The number of aliphatic hydroxyl groups is 1. The first-order chi connectivity index (χ1) is 12.3. The molecule has 2 aromatic carbocycles. The van der Waals surface area contributed by atoms with Gasteiger partial charge in [-0.1, -0.05) is 55.1 Å². The number of aliphatic imine (C=N–C) groups is 1. The van der Waals surface area contributed by atoms with Crippen molar-refractivity contribution in [3.8, 4) is 11.5 Å². The van der Waals surface area contributed by atoms with Gasteiger partial charge in [-0.2, -0.15) is 0 Å². The van der Waals surface area contributed by atoms with Crippen LogP contribution in [0.15, 0.2) is 65.4 Å². The minimum absolute atomic E-state index is 0. The summed E-state index contributed by atoms with van der Waals surface area (Å²) in [5.74, 6) is -0.628. The third-order valence-corrected chi connectivity index (χ3v) is 2.53. The van der Waals surface area contributed by atoms with Gasteiger partial charge in [-0.3, -0.25) is 9.79 Å². The van der Waals surface area contributed by atoms with Gasteiger partial charge in [0.2, 0.25) is 0 Å². The van der Waals surface area contributed by atoms with Crippen LogP contribution in [0.5, 0.6) is 11.5 Å². The number of benzene rings is 2. The zero-order chi connectivity index (χ0) is 19.9. The Morgan fingerprint density at radius 1 is 1.04 bits per heavy atom. The Morgan fingerprint density at radius 3 is 1.93 bits per heavy atom. The molecule has 1 radical (unpaired) electrons. The monoisotopic (exact) mass is 412 g/mol. The van der Waals surface area contributed by atoms with Crippen LogP contribution in [0.1, 0.15) is 26.3 Å². The number of allylic oxidation sites excluding steroid dienone is 2. The maximum absolute atomic E-state index is 11.4. The molecule has 0 heterocycles. The molecule has 27 heavy (non-hydrogen) atoms. The number of para-hydroxylation sites is 3. The van der Waals surface area contributed by atoms with Crippen LogP contribution in [0, 0.1) is 0 Å². The van der Waals surface area contributed by atoms with Crippen LogP contribution in [0.2, 0.25) is 0 Å². The molecule has 1 N–H and O–H groups in total. The number of ketones is 1. The van der Waals surface area contributed by atoms with E-state index in [4.69, 9.17) is 5.11 Å². The van der Waals surface area contributed by atoms with Gasteiger partial charge < -0.3 is 20.4 Å². The predicted molar refractivity (Wildman–Crippen MR) is 96.2 cm³/mol. The number of carbonyl (C=O) groups excluding carboxylic acids is 1. The second-order valence-corrected chi connectivity index (χ2v) is 4.95. The Labute approximate surface area is 170 Å². The van der Waals surface area contributed by atoms with E-state index in [0.717, 1.165) is 6.08 Å². The maximum Gasteiger partial charge on any atom is 3.00 e. The molecule has 2 rings (SSSR count). The molecular formula is C20H22FeNO5. The van der Waals surface area contributed by atoms with Gasteiger partial charge in [0.1, 0.15) is 0 Å². The summed E-state index contributed by atoms with van der Waals surface area (Å²) >= 11 is 0. The molecule has 6 nitrogen and oxygen atoms in total. The number of aliphatic hydroxyl groups excluding tert-OH is 1. The van der Waals surface area contributed by atoms with E-state index >= 15 is 0 Å². The molecule has 0 fully saturated rings. The van der Waals surface area contributed by atoms with E-state index in [1.54, 1.807) is 43.3 Å². The Bertz CT molecular complexity index is 693. The molecule has 0 aliphatic heterocycles. The van der Waals surface area contributed by atoms with Crippen LogP contribution < -0.4 is 15.3 Å². The number of hydrogen-bond donors (Lipinski definition) is 1. The average Bonchev–Trinajstić information content (AvgIpc) is 2.55. The molecule has 0 aliphatic carbocycles. The van der Waals surface area contributed by atoms with Crippen LogP contribution in [0.3, 0.4) is 0 Å². The van der Waals surface area contributed by atoms with Crippen molar-refractivity contribution < 1.29 is 42.3 Å². The van der Waals surface area contributed by atoms with Gasteiger partial charge in [0, 0.05) is 12.8 Å². The van der Waals surface area contributed by atoms with Crippen LogP contribution in [-0.2, 0) is 21.9 Å². The molecule has 0 saturated heterocycles. The minimum Gasteiger partial charge on any atom is -0.876 e. The number of rotatable bonds is 3. The number of nitrogens with zero attached hydrogens (tertiary/aromatic N) is 1.